The molecule has 1 aliphatic heterocycles. The first kappa shape index (κ1) is 36.2. The maximum atomic E-state index is 13.5. The van der Waals surface area contributed by atoms with Crippen molar-refractivity contribution >= 4 is 35.2 Å². The molecule has 276 valence electrons. The Bertz CT molecular complexity index is 2180. The number of hydrogen-bond donors (Lipinski definition) is 3. The highest BCUT2D eigenvalue weighted by Crippen LogP contribution is 2.36. The fourth-order valence-electron chi connectivity index (χ4n) is 6.21. The lowest BCUT2D eigenvalue weighted by Gasteiger charge is -2.26. The monoisotopic (exact) mass is 724 g/mol. The number of aromatic nitrogens is 4. The highest BCUT2D eigenvalue weighted by atomic mass is 16.5. The molecule has 12 nitrogen and oxygen atoms in total. The lowest BCUT2D eigenvalue weighted by molar-refractivity contribution is 0.0322. The Kier molecular flexibility index (Phi) is 10.9. The Morgan fingerprint density at radius 1 is 1.04 bits per heavy atom. The number of nitrogens with zero attached hydrogens (tertiary/aromatic N) is 5. The molecule has 5 aromatic rings. The summed E-state index contributed by atoms with van der Waals surface area (Å²) in [7, 11) is 0. The van der Waals surface area contributed by atoms with Gasteiger partial charge in [0.2, 0.25) is 11.8 Å². The fraction of sp³-hybridized carbons (Fsp3) is 0.286. The first-order valence-electron chi connectivity index (χ1n) is 18.1. The van der Waals surface area contributed by atoms with Crippen molar-refractivity contribution in [3.05, 3.63) is 107 Å². The zero-order valence-electron chi connectivity index (χ0n) is 30.8. The van der Waals surface area contributed by atoms with Gasteiger partial charge in [-0.2, -0.15) is 10.1 Å². The molecule has 0 radical (unpaired) electrons. The third kappa shape index (κ3) is 8.71. The number of hydrogen-bond acceptors (Lipinski definition) is 9. The zero-order chi connectivity index (χ0) is 37.5. The highest BCUT2D eigenvalue weighted by molar-refractivity contribution is 6.01. The van der Waals surface area contributed by atoms with E-state index >= 15 is 0 Å². The molecule has 2 aromatic heterocycles. The van der Waals surface area contributed by atoms with E-state index in [1.54, 1.807) is 16.9 Å². The zero-order valence-corrected chi connectivity index (χ0v) is 30.8. The summed E-state index contributed by atoms with van der Waals surface area (Å²) in [5.74, 6) is 5.48. The van der Waals surface area contributed by atoms with Gasteiger partial charge in [-0.05, 0) is 70.0 Å². The molecular weight excluding hydrogens is 681 g/mol. The quantitative estimate of drug-likeness (QED) is 0.111. The molecule has 0 spiro atoms. The standard InChI is InChI=1S/C42H44N8O4/c1-5-42(3,4)37-28-38(50(48-37)31-15-13-29(2)14-16-31)46-41(51)45-35-17-18-36(34-12-7-6-11-33(34)35)54-39-19-20-43-40(47-39)44-30-9-8-10-32(27-30)53-26-23-49-21-24-52-25-22-49/h1,6,8-11,13-20,27-28H,7,12,21-26H2,2-4H3,(H,43,44,47)(H2,45,46,51). The SMILES string of the molecule is C#CC(C)(C)c1cc(NC(=O)Nc2ccc(Oc3ccnc(Nc4cccc(OCCN5CCOCC5)c4)n3)c3c2C=CCC3)n(-c2ccc(C)cc2)n1. The number of ether oxygens (including phenoxy) is 3. The van der Waals surface area contributed by atoms with Crippen LogP contribution in [0.3, 0.4) is 0 Å². The minimum absolute atomic E-state index is 0.385. The van der Waals surface area contributed by atoms with E-state index in [4.69, 9.17) is 25.7 Å². The number of carbonyl (C=O) groups excluding carboxylic acids is 1. The summed E-state index contributed by atoms with van der Waals surface area (Å²) in [4.78, 5) is 24.9. The molecule has 2 aliphatic rings. The molecule has 0 atom stereocenters. The number of amides is 2. The van der Waals surface area contributed by atoms with E-state index in [9.17, 15) is 4.79 Å². The van der Waals surface area contributed by atoms with Gasteiger partial charge in [-0.15, -0.1) is 6.42 Å². The number of morpholine rings is 1. The predicted molar refractivity (Wildman–Crippen MR) is 211 cm³/mol. The van der Waals surface area contributed by atoms with Crippen molar-refractivity contribution in [3.8, 4) is 35.4 Å². The minimum atomic E-state index is -0.633. The lowest BCUT2D eigenvalue weighted by Crippen LogP contribution is -2.38. The second-order valence-electron chi connectivity index (χ2n) is 13.7. The molecule has 3 aromatic carbocycles. The largest absolute Gasteiger partial charge is 0.492 e. The van der Waals surface area contributed by atoms with Crippen LogP contribution in [0.25, 0.3) is 11.8 Å². The second kappa shape index (κ2) is 16.2. The van der Waals surface area contributed by atoms with Crippen molar-refractivity contribution in [2.75, 3.05) is 55.4 Å². The van der Waals surface area contributed by atoms with Crippen molar-refractivity contribution in [1.82, 2.24) is 24.6 Å². The van der Waals surface area contributed by atoms with Gasteiger partial charge in [0.25, 0.3) is 0 Å². The van der Waals surface area contributed by atoms with Gasteiger partial charge in [0.1, 0.15) is 23.9 Å². The van der Waals surface area contributed by atoms with Gasteiger partial charge in [0.05, 0.1) is 35.7 Å². The van der Waals surface area contributed by atoms with Crippen LogP contribution in [0, 0.1) is 19.3 Å². The van der Waals surface area contributed by atoms with Crippen molar-refractivity contribution in [1.29, 1.82) is 0 Å². The van der Waals surface area contributed by atoms with E-state index in [-0.39, 0.29) is 0 Å². The highest BCUT2D eigenvalue weighted by Gasteiger charge is 2.25. The number of terminal acetylenes is 1. The van der Waals surface area contributed by atoms with Gasteiger partial charge in [-0.3, -0.25) is 10.2 Å². The van der Waals surface area contributed by atoms with Crippen LogP contribution in [0.4, 0.5) is 27.9 Å². The van der Waals surface area contributed by atoms with Gasteiger partial charge in [-0.25, -0.2) is 14.5 Å². The molecule has 12 heteroatoms. The normalized spacial score (nSPS) is 14.1. The van der Waals surface area contributed by atoms with Crippen LogP contribution in [0.1, 0.15) is 42.7 Å². The first-order chi connectivity index (χ1) is 26.2. The van der Waals surface area contributed by atoms with Gasteiger partial charge in [-0.1, -0.05) is 41.8 Å². The first-order valence-corrected chi connectivity index (χ1v) is 18.1. The number of rotatable bonds is 12. The number of fused-ring (bicyclic) bond motifs is 1. The third-order valence-electron chi connectivity index (χ3n) is 9.35. The Balaban J connectivity index is 1.03. The summed E-state index contributed by atoms with van der Waals surface area (Å²) >= 11 is 0. The maximum absolute atomic E-state index is 13.5. The maximum Gasteiger partial charge on any atom is 0.324 e. The van der Waals surface area contributed by atoms with Crippen molar-refractivity contribution in [2.45, 2.75) is 39.0 Å². The van der Waals surface area contributed by atoms with Gasteiger partial charge >= 0.3 is 6.03 Å². The number of anilines is 4. The summed E-state index contributed by atoms with van der Waals surface area (Å²) in [5.41, 5.74) is 5.24. The molecule has 1 aliphatic carbocycles. The number of allylic oxidation sites excluding steroid dienone is 1. The van der Waals surface area contributed by atoms with Crippen molar-refractivity contribution in [2.24, 2.45) is 0 Å². The van der Waals surface area contributed by atoms with Crippen LogP contribution >= 0.6 is 0 Å². The van der Waals surface area contributed by atoms with E-state index in [1.165, 1.54) is 0 Å². The van der Waals surface area contributed by atoms with Crippen LogP contribution in [-0.2, 0) is 16.6 Å². The number of urea groups is 1. The molecule has 2 amide bonds. The molecule has 3 heterocycles. The van der Waals surface area contributed by atoms with E-state index in [2.05, 4.69) is 42.8 Å². The minimum Gasteiger partial charge on any atom is -0.492 e. The van der Waals surface area contributed by atoms with E-state index in [0.717, 1.165) is 79.5 Å². The van der Waals surface area contributed by atoms with Crippen LogP contribution < -0.4 is 25.4 Å². The number of benzene rings is 3. The van der Waals surface area contributed by atoms with Crippen LogP contribution in [-0.4, -0.2) is 70.1 Å². The van der Waals surface area contributed by atoms with Crippen LogP contribution in [0.2, 0.25) is 0 Å². The summed E-state index contributed by atoms with van der Waals surface area (Å²) in [6.07, 6.45) is 13.1. The summed E-state index contributed by atoms with van der Waals surface area (Å²) in [6.45, 7) is 10.7. The van der Waals surface area contributed by atoms with Gasteiger partial charge in [0, 0.05) is 60.8 Å². The molecule has 3 N–H and O–H groups in total. The summed E-state index contributed by atoms with van der Waals surface area (Å²) < 4.78 is 19.5. The molecule has 0 unspecified atom stereocenters. The van der Waals surface area contributed by atoms with E-state index in [0.29, 0.717) is 41.4 Å². The molecule has 1 saturated heterocycles. The van der Waals surface area contributed by atoms with Gasteiger partial charge < -0.3 is 24.8 Å². The van der Waals surface area contributed by atoms with Crippen LogP contribution in [0.15, 0.2) is 85.1 Å². The number of nitrogens with one attached hydrogen (secondary N) is 3. The summed E-state index contributed by atoms with van der Waals surface area (Å²) in [6, 6.07) is 22.4. The molecule has 54 heavy (non-hydrogen) atoms. The molecule has 1 fully saturated rings. The molecule has 0 saturated carbocycles. The second-order valence-corrected chi connectivity index (χ2v) is 13.7. The fourth-order valence-corrected chi connectivity index (χ4v) is 6.21. The lowest BCUT2D eigenvalue weighted by atomic mass is 9.91. The molecule has 7 rings (SSSR count). The van der Waals surface area contributed by atoms with E-state index < -0.39 is 11.4 Å². The topological polar surface area (TPSA) is 128 Å². The third-order valence-corrected chi connectivity index (χ3v) is 9.35. The Labute approximate surface area is 315 Å². The number of carbonyl (C=O) groups is 1. The predicted octanol–water partition coefficient (Wildman–Crippen LogP) is 7.73. The molecule has 0 bridgehead atoms. The smallest absolute Gasteiger partial charge is 0.324 e. The van der Waals surface area contributed by atoms with Crippen molar-refractivity contribution < 1.29 is 19.0 Å². The average molecular weight is 725 g/mol. The Morgan fingerprint density at radius 3 is 2.69 bits per heavy atom. The van der Waals surface area contributed by atoms with Crippen molar-refractivity contribution in [3.63, 3.8) is 0 Å². The molecular formula is C42H44N8O4. The van der Waals surface area contributed by atoms with E-state index in [1.807, 2.05) is 93.6 Å². The summed E-state index contributed by atoms with van der Waals surface area (Å²) in [5, 5.41) is 14.1. The van der Waals surface area contributed by atoms with Gasteiger partial charge in [0.15, 0.2) is 0 Å². The average Bonchev–Trinajstić information content (AvgIpc) is 3.61. The Hall–Kier alpha value is -6.16. The Morgan fingerprint density at radius 2 is 1.87 bits per heavy atom. The van der Waals surface area contributed by atoms with Crippen LogP contribution in [0.5, 0.6) is 17.4 Å². The number of aryl methyl sites for hydroxylation is 1.